The highest BCUT2D eigenvalue weighted by molar-refractivity contribution is 9.10. The Morgan fingerprint density at radius 1 is 1.19 bits per heavy atom. The number of nitrogens with one attached hydrogen (secondary N) is 1. The summed E-state index contributed by atoms with van der Waals surface area (Å²) in [5.41, 5.74) is 1.86. The fourth-order valence-electron chi connectivity index (χ4n) is 2.78. The van der Waals surface area contributed by atoms with Crippen LogP contribution in [0.15, 0.2) is 47.1 Å². The number of nitrogens with zero attached hydrogens (tertiary/aromatic N) is 1. The molecule has 3 rings (SSSR count). The van der Waals surface area contributed by atoms with Crippen LogP contribution in [0.5, 0.6) is 11.5 Å². The maximum absolute atomic E-state index is 12.5. The van der Waals surface area contributed by atoms with Crippen LogP contribution in [0.4, 0.5) is 5.69 Å². The summed E-state index contributed by atoms with van der Waals surface area (Å²) in [4.78, 5) is 23.8. The summed E-state index contributed by atoms with van der Waals surface area (Å²) in [6.07, 6.45) is 2.46. The standard InChI is InChI=1S/C19H17BrN2O4/c1-25-14-4-6-18(26-2)16(8-14)21-19(24)10-22-9-12(11-23)15-7-13(20)3-5-17(15)22/h3-9,11H,10H2,1-2H3,(H,21,24). The molecule has 2 aromatic carbocycles. The first-order valence-electron chi connectivity index (χ1n) is 7.81. The molecule has 1 N–H and O–H groups in total. The zero-order chi connectivity index (χ0) is 18.7. The highest BCUT2D eigenvalue weighted by atomic mass is 79.9. The van der Waals surface area contributed by atoms with Crippen molar-refractivity contribution in [1.29, 1.82) is 0 Å². The molecule has 0 aliphatic carbocycles. The van der Waals surface area contributed by atoms with Gasteiger partial charge in [0, 0.05) is 33.2 Å². The molecule has 0 aliphatic heterocycles. The van der Waals surface area contributed by atoms with Gasteiger partial charge in [-0.05, 0) is 30.3 Å². The number of methoxy groups -OCH3 is 2. The zero-order valence-electron chi connectivity index (χ0n) is 14.3. The van der Waals surface area contributed by atoms with Crippen LogP contribution in [-0.4, -0.2) is 31.0 Å². The van der Waals surface area contributed by atoms with Crippen LogP contribution >= 0.6 is 15.9 Å². The van der Waals surface area contributed by atoms with Crippen molar-refractivity contribution in [2.24, 2.45) is 0 Å². The van der Waals surface area contributed by atoms with Crippen molar-refractivity contribution in [3.05, 3.63) is 52.6 Å². The maximum Gasteiger partial charge on any atom is 0.244 e. The van der Waals surface area contributed by atoms with Crippen molar-refractivity contribution in [3.63, 3.8) is 0 Å². The predicted molar refractivity (Wildman–Crippen MR) is 103 cm³/mol. The Kier molecular flexibility index (Phi) is 5.27. The van der Waals surface area contributed by atoms with Crippen LogP contribution in [0.25, 0.3) is 10.9 Å². The monoisotopic (exact) mass is 416 g/mol. The van der Waals surface area contributed by atoms with Gasteiger partial charge in [0.05, 0.1) is 19.9 Å². The SMILES string of the molecule is COc1ccc(OC)c(NC(=O)Cn2cc(C=O)c3cc(Br)ccc32)c1. The average molecular weight is 417 g/mol. The van der Waals surface area contributed by atoms with Crippen molar-refractivity contribution in [2.75, 3.05) is 19.5 Å². The number of halogens is 1. The Morgan fingerprint density at radius 3 is 2.69 bits per heavy atom. The number of hydrogen-bond acceptors (Lipinski definition) is 4. The van der Waals surface area contributed by atoms with Crippen molar-refractivity contribution in [3.8, 4) is 11.5 Å². The summed E-state index contributed by atoms with van der Waals surface area (Å²) in [6.45, 7) is 0.0618. The molecular formula is C19H17BrN2O4. The van der Waals surface area contributed by atoms with Gasteiger partial charge in [-0.2, -0.15) is 0 Å². The fraction of sp³-hybridized carbons (Fsp3) is 0.158. The minimum absolute atomic E-state index is 0.0618. The molecule has 0 spiro atoms. The van der Waals surface area contributed by atoms with E-state index in [0.717, 1.165) is 21.7 Å². The zero-order valence-corrected chi connectivity index (χ0v) is 15.9. The van der Waals surface area contributed by atoms with E-state index in [2.05, 4.69) is 21.2 Å². The highest BCUT2D eigenvalue weighted by Gasteiger charge is 2.13. The lowest BCUT2D eigenvalue weighted by Crippen LogP contribution is -2.18. The summed E-state index contributed by atoms with van der Waals surface area (Å²) in [5, 5.41) is 3.62. The normalized spacial score (nSPS) is 10.6. The number of rotatable bonds is 6. The second kappa shape index (κ2) is 7.61. The van der Waals surface area contributed by atoms with Gasteiger partial charge in [0.25, 0.3) is 0 Å². The molecule has 0 saturated heterocycles. The lowest BCUT2D eigenvalue weighted by Gasteiger charge is -2.12. The van der Waals surface area contributed by atoms with Crippen molar-refractivity contribution in [1.82, 2.24) is 4.57 Å². The smallest absolute Gasteiger partial charge is 0.244 e. The summed E-state index contributed by atoms with van der Waals surface area (Å²) in [7, 11) is 3.09. The number of amides is 1. The number of carbonyl (C=O) groups excluding carboxylic acids is 2. The van der Waals surface area contributed by atoms with Crippen LogP contribution in [0.1, 0.15) is 10.4 Å². The third-order valence-electron chi connectivity index (χ3n) is 4.00. The second-order valence-corrected chi connectivity index (χ2v) is 6.52. The first-order valence-corrected chi connectivity index (χ1v) is 8.60. The van der Waals surface area contributed by atoms with Crippen LogP contribution in [0, 0.1) is 0 Å². The Bertz CT molecular complexity index is 981. The molecule has 7 heteroatoms. The van der Waals surface area contributed by atoms with E-state index < -0.39 is 0 Å². The van der Waals surface area contributed by atoms with Gasteiger partial charge in [-0.25, -0.2) is 0 Å². The molecular weight excluding hydrogens is 400 g/mol. The lowest BCUT2D eigenvalue weighted by atomic mass is 10.2. The van der Waals surface area contributed by atoms with Gasteiger partial charge in [0.15, 0.2) is 6.29 Å². The molecule has 26 heavy (non-hydrogen) atoms. The van der Waals surface area contributed by atoms with Crippen LogP contribution in [0.2, 0.25) is 0 Å². The van der Waals surface area contributed by atoms with Gasteiger partial charge in [-0.15, -0.1) is 0 Å². The predicted octanol–water partition coefficient (Wildman–Crippen LogP) is 3.87. The third kappa shape index (κ3) is 3.57. The number of aromatic nitrogens is 1. The van der Waals surface area contributed by atoms with E-state index >= 15 is 0 Å². The van der Waals surface area contributed by atoms with Crippen molar-refractivity contribution in [2.45, 2.75) is 6.54 Å². The minimum Gasteiger partial charge on any atom is -0.497 e. The number of ether oxygens (including phenoxy) is 2. The Morgan fingerprint density at radius 2 is 2.00 bits per heavy atom. The molecule has 0 bridgehead atoms. The summed E-state index contributed by atoms with van der Waals surface area (Å²) in [6, 6.07) is 10.8. The summed E-state index contributed by atoms with van der Waals surface area (Å²) >= 11 is 3.40. The van der Waals surface area contributed by atoms with Crippen molar-refractivity contribution >= 4 is 44.7 Å². The molecule has 134 valence electrons. The lowest BCUT2D eigenvalue weighted by molar-refractivity contribution is -0.116. The molecule has 3 aromatic rings. The second-order valence-electron chi connectivity index (χ2n) is 5.61. The number of hydrogen-bond donors (Lipinski definition) is 1. The van der Waals surface area contributed by atoms with Gasteiger partial charge in [0.2, 0.25) is 5.91 Å². The van der Waals surface area contributed by atoms with E-state index in [4.69, 9.17) is 9.47 Å². The quantitative estimate of drug-likeness (QED) is 0.619. The van der Waals surface area contributed by atoms with E-state index in [1.807, 2.05) is 18.2 Å². The molecule has 1 heterocycles. The van der Waals surface area contributed by atoms with Gasteiger partial charge < -0.3 is 19.4 Å². The van der Waals surface area contributed by atoms with Gasteiger partial charge in [-0.3, -0.25) is 9.59 Å². The average Bonchev–Trinajstić information content (AvgIpc) is 2.98. The third-order valence-corrected chi connectivity index (χ3v) is 4.49. The first-order chi connectivity index (χ1) is 12.5. The fourth-order valence-corrected chi connectivity index (χ4v) is 3.14. The minimum atomic E-state index is -0.242. The molecule has 1 aromatic heterocycles. The van der Waals surface area contributed by atoms with Crippen molar-refractivity contribution < 1.29 is 19.1 Å². The number of benzene rings is 2. The number of carbonyl (C=O) groups is 2. The molecule has 0 atom stereocenters. The largest absolute Gasteiger partial charge is 0.497 e. The first kappa shape index (κ1) is 18.0. The van der Waals surface area contributed by atoms with Gasteiger partial charge in [0.1, 0.15) is 18.0 Å². The van der Waals surface area contributed by atoms with E-state index in [0.29, 0.717) is 22.7 Å². The molecule has 0 radical (unpaired) electrons. The van der Waals surface area contributed by atoms with Gasteiger partial charge in [-0.1, -0.05) is 15.9 Å². The summed E-state index contributed by atoms with van der Waals surface area (Å²) in [5.74, 6) is 0.906. The topological polar surface area (TPSA) is 69.6 Å². The highest BCUT2D eigenvalue weighted by Crippen LogP contribution is 2.29. The maximum atomic E-state index is 12.5. The van der Waals surface area contributed by atoms with Crippen LogP contribution in [-0.2, 0) is 11.3 Å². The summed E-state index contributed by atoms with van der Waals surface area (Å²) < 4.78 is 13.1. The van der Waals surface area contributed by atoms with E-state index in [1.54, 1.807) is 36.1 Å². The molecule has 0 fully saturated rings. The number of aldehydes is 1. The Balaban J connectivity index is 1.87. The van der Waals surface area contributed by atoms with E-state index in [1.165, 1.54) is 7.11 Å². The molecule has 1 amide bonds. The Labute approximate surface area is 158 Å². The van der Waals surface area contributed by atoms with Gasteiger partial charge >= 0.3 is 0 Å². The van der Waals surface area contributed by atoms with Crippen LogP contribution in [0.3, 0.4) is 0 Å². The number of fused-ring (bicyclic) bond motifs is 1. The van der Waals surface area contributed by atoms with E-state index in [9.17, 15) is 9.59 Å². The molecule has 0 unspecified atom stereocenters. The van der Waals surface area contributed by atoms with Crippen LogP contribution < -0.4 is 14.8 Å². The Hall–Kier alpha value is -2.80. The molecule has 0 aliphatic rings. The van der Waals surface area contributed by atoms with E-state index in [-0.39, 0.29) is 12.5 Å². The molecule has 0 saturated carbocycles. The number of anilines is 1. The molecule has 6 nitrogen and oxygen atoms in total.